The van der Waals surface area contributed by atoms with E-state index >= 15 is 0 Å². The summed E-state index contributed by atoms with van der Waals surface area (Å²) >= 11 is 3.32. The summed E-state index contributed by atoms with van der Waals surface area (Å²) in [7, 11) is 0. The van der Waals surface area contributed by atoms with Crippen LogP contribution >= 0.6 is 15.9 Å². The van der Waals surface area contributed by atoms with E-state index in [0.29, 0.717) is 12.0 Å². The Hall–Kier alpha value is -1.16. The maximum absolute atomic E-state index is 11.9. The molecule has 0 aliphatic heterocycles. The number of nitrogens with one attached hydrogen (secondary N) is 1. The second kappa shape index (κ2) is 4.78. The molecular formula is C12H12BrNO2. The standard InChI is InChI=1S/C12H12BrNO2/c13-9-5-2-1-4-8(9)12(16)14-10-6-3-7-11(10)15/h1-2,4-5,10H,3,6-7H2,(H,14,16). The Kier molecular flexibility index (Phi) is 3.39. The number of rotatable bonds is 2. The van der Waals surface area contributed by atoms with E-state index in [-0.39, 0.29) is 17.7 Å². The SMILES string of the molecule is O=C(NC1CCCC1=O)c1ccccc1Br. The molecule has 1 fully saturated rings. The van der Waals surface area contributed by atoms with Crippen molar-refractivity contribution in [2.24, 2.45) is 0 Å². The average molecular weight is 282 g/mol. The zero-order chi connectivity index (χ0) is 11.5. The van der Waals surface area contributed by atoms with Crippen LogP contribution in [0.5, 0.6) is 0 Å². The van der Waals surface area contributed by atoms with E-state index in [4.69, 9.17) is 0 Å². The second-order valence-electron chi connectivity index (χ2n) is 3.86. The minimum atomic E-state index is -0.292. The van der Waals surface area contributed by atoms with E-state index in [1.165, 1.54) is 0 Å². The smallest absolute Gasteiger partial charge is 0.253 e. The van der Waals surface area contributed by atoms with Gasteiger partial charge in [0, 0.05) is 10.9 Å². The third-order valence-electron chi connectivity index (χ3n) is 2.73. The Morgan fingerprint density at radius 3 is 2.75 bits per heavy atom. The van der Waals surface area contributed by atoms with Gasteiger partial charge in [0.15, 0.2) is 5.78 Å². The van der Waals surface area contributed by atoms with Crippen molar-refractivity contribution in [1.29, 1.82) is 0 Å². The van der Waals surface area contributed by atoms with E-state index in [9.17, 15) is 9.59 Å². The summed E-state index contributed by atoms with van der Waals surface area (Å²) in [6.07, 6.45) is 2.22. The van der Waals surface area contributed by atoms with Crippen LogP contribution in [0, 0.1) is 0 Å². The van der Waals surface area contributed by atoms with Gasteiger partial charge in [0.2, 0.25) is 0 Å². The van der Waals surface area contributed by atoms with E-state index in [1.54, 1.807) is 12.1 Å². The molecule has 1 atom stereocenters. The van der Waals surface area contributed by atoms with Crippen molar-refractivity contribution in [2.75, 3.05) is 0 Å². The number of Topliss-reactive ketones (excluding diaryl/α,β-unsaturated/α-hetero) is 1. The van der Waals surface area contributed by atoms with Crippen LogP contribution in [0.4, 0.5) is 0 Å². The van der Waals surface area contributed by atoms with E-state index in [2.05, 4.69) is 21.2 Å². The summed E-state index contributed by atoms with van der Waals surface area (Å²) in [5.74, 6) is -0.0480. The first-order chi connectivity index (χ1) is 7.68. The molecule has 1 amide bonds. The van der Waals surface area contributed by atoms with Gasteiger partial charge >= 0.3 is 0 Å². The monoisotopic (exact) mass is 281 g/mol. The zero-order valence-corrected chi connectivity index (χ0v) is 10.3. The highest BCUT2D eigenvalue weighted by Gasteiger charge is 2.26. The Balaban J connectivity index is 2.09. The molecular weight excluding hydrogens is 270 g/mol. The fourth-order valence-electron chi connectivity index (χ4n) is 1.85. The number of amides is 1. The lowest BCUT2D eigenvalue weighted by atomic mass is 10.2. The first-order valence-corrected chi connectivity index (χ1v) is 6.06. The van der Waals surface area contributed by atoms with Gasteiger partial charge in [-0.25, -0.2) is 0 Å². The molecule has 4 heteroatoms. The van der Waals surface area contributed by atoms with Crippen molar-refractivity contribution in [3.63, 3.8) is 0 Å². The molecule has 0 spiro atoms. The van der Waals surface area contributed by atoms with E-state index in [0.717, 1.165) is 17.3 Å². The highest BCUT2D eigenvalue weighted by molar-refractivity contribution is 9.10. The van der Waals surface area contributed by atoms with E-state index < -0.39 is 0 Å². The topological polar surface area (TPSA) is 46.2 Å². The number of hydrogen-bond acceptors (Lipinski definition) is 2. The number of carbonyl (C=O) groups excluding carboxylic acids is 2. The van der Waals surface area contributed by atoms with Crippen LogP contribution in [-0.2, 0) is 4.79 Å². The summed E-state index contributed by atoms with van der Waals surface area (Å²) in [6, 6.07) is 6.90. The number of hydrogen-bond donors (Lipinski definition) is 1. The van der Waals surface area contributed by atoms with E-state index in [1.807, 2.05) is 12.1 Å². The fraction of sp³-hybridized carbons (Fsp3) is 0.333. The number of benzene rings is 1. The maximum atomic E-state index is 11.9. The predicted octanol–water partition coefficient (Wildman–Crippen LogP) is 2.30. The molecule has 0 heterocycles. The molecule has 1 saturated carbocycles. The summed E-state index contributed by atoms with van der Waals surface area (Å²) in [6.45, 7) is 0. The number of carbonyl (C=O) groups is 2. The Morgan fingerprint density at radius 2 is 2.12 bits per heavy atom. The van der Waals surface area contributed by atoms with Crippen LogP contribution < -0.4 is 5.32 Å². The van der Waals surface area contributed by atoms with Crippen molar-refractivity contribution in [1.82, 2.24) is 5.32 Å². The van der Waals surface area contributed by atoms with Gasteiger partial charge in [-0.15, -0.1) is 0 Å². The van der Waals surface area contributed by atoms with Crippen LogP contribution in [0.1, 0.15) is 29.6 Å². The molecule has 1 aromatic rings. The highest BCUT2D eigenvalue weighted by Crippen LogP contribution is 2.18. The van der Waals surface area contributed by atoms with Crippen molar-refractivity contribution in [3.8, 4) is 0 Å². The Bertz CT molecular complexity index is 431. The minimum Gasteiger partial charge on any atom is -0.342 e. The Morgan fingerprint density at radius 1 is 1.38 bits per heavy atom. The number of ketones is 1. The molecule has 84 valence electrons. The van der Waals surface area contributed by atoms with Gasteiger partial charge in [-0.3, -0.25) is 9.59 Å². The first-order valence-electron chi connectivity index (χ1n) is 5.26. The lowest BCUT2D eigenvalue weighted by Gasteiger charge is -2.11. The molecule has 1 unspecified atom stereocenters. The van der Waals surface area contributed by atoms with Crippen molar-refractivity contribution in [2.45, 2.75) is 25.3 Å². The lowest BCUT2D eigenvalue weighted by molar-refractivity contribution is -0.118. The third-order valence-corrected chi connectivity index (χ3v) is 3.42. The van der Waals surface area contributed by atoms with Crippen molar-refractivity contribution >= 4 is 27.6 Å². The molecule has 16 heavy (non-hydrogen) atoms. The molecule has 1 N–H and O–H groups in total. The summed E-state index contributed by atoms with van der Waals surface area (Å²) < 4.78 is 0.748. The molecule has 3 nitrogen and oxygen atoms in total. The maximum Gasteiger partial charge on any atom is 0.253 e. The second-order valence-corrected chi connectivity index (χ2v) is 4.72. The molecule has 1 aliphatic carbocycles. The van der Waals surface area contributed by atoms with Crippen LogP contribution in [0.15, 0.2) is 28.7 Å². The van der Waals surface area contributed by atoms with Crippen LogP contribution in [0.3, 0.4) is 0 Å². The fourth-order valence-corrected chi connectivity index (χ4v) is 2.31. The third kappa shape index (κ3) is 2.32. The molecule has 2 rings (SSSR count). The van der Waals surface area contributed by atoms with Crippen LogP contribution in [-0.4, -0.2) is 17.7 Å². The normalized spacial score (nSPS) is 19.8. The molecule has 0 aromatic heterocycles. The largest absolute Gasteiger partial charge is 0.342 e. The molecule has 0 bridgehead atoms. The quantitative estimate of drug-likeness (QED) is 0.904. The highest BCUT2D eigenvalue weighted by atomic mass is 79.9. The zero-order valence-electron chi connectivity index (χ0n) is 8.70. The van der Waals surface area contributed by atoms with Gasteiger partial charge < -0.3 is 5.32 Å². The average Bonchev–Trinajstić information content (AvgIpc) is 2.65. The summed E-state index contributed by atoms with van der Waals surface area (Å²) in [5.41, 5.74) is 0.571. The lowest BCUT2D eigenvalue weighted by Crippen LogP contribution is -2.37. The van der Waals surface area contributed by atoms with Gasteiger partial charge in [-0.05, 0) is 40.9 Å². The van der Waals surface area contributed by atoms with Gasteiger partial charge in [-0.1, -0.05) is 12.1 Å². The summed E-state index contributed by atoms with van der Waals surface area (Å²) in [5, 5.41) is 2.77. The van der Waals surface area contributed by atoms with Crippen molar-refractivity contribution < 1.29 is 9.59 Å². The van der Waals surface area contributed by atoms with Crippen LogP contribution in [0.25, 0.3) is 0 Å². The van der Waals surface area contributed by atoms with Gasteiger partial charge in [-0.2, -0.15) is 0 Å². The molecule has 0 radical (unpaired) electrons. The van der Waals surface area contributed by atoms with Gasteiger partial charge in [0.1, 0.15) is 0 Å². The Labute approximate surface area is 102 Å². The first kappa shape index (κ1) is 11.3. The number of halogens is 1. The van der Waals surface area contributed by atoms with Crippen molar-refractivity contribution in [3.05, 3.63) is 34.3 Å². The minimum absolute atomic E-state index is 0.139. The van der Waals surface area contributed by atoms with Gasteiger partial charge in [0.25, 0.3) is 5.91 Å². The molecule has 1 aliphatic rings. The van der Waals surface area contributed by atoms with Gasteiger partial charge in [0.05, 0.1) is 11.6 Å². The van der Waals surface area contributed by atoms with Crippen LogP contribution in [0.2, 0.25) is 0 Å². The molecule has 1 aromatic carbocycles. The summed E-state index contributed by atoms with van der Waals surface area (Å²) in [4.78, 5) is 23.3. The molecule has 0 saturated heterocycles. The predicted molar refractivity (Wildman–Crippen MR) is 64.3 cm³/mol.